The van der Waals surface area contributed by atoms with Crippen molar-refractivity contribution >= 4 is 0 Å². The molecule has 4 unspecified atom stereocenters. The molecule has 0 aromatic carbocycles. The molecular formula is C17H34N2. The highest BCUT2D eigenvalue weighted by Gasteiger charge is 2.33. The van der Waals surface area contributed by atoms with Crippen molar-refractivity contribution in [3.8, 4) is 0 Å². The summed E-state index contributed by atoms with van der Waals surface area (Å²) in [6.45, 7) is 9.56. The van der Waals surface area contributed by atoms with Gasteiger partial charge in [-0.05, 0) is 31.6 Å². The van der Waals surface area contributed by atoms with Crippen LogP contribution in [0.4, 0.5) is 0 Å². The van der Waals surface area contributed by atoms with Crippen LogP contribution >= 0.6 is 0 Å². The van der Waals surface area contributed by atoms with Gasteiger partial charge in [0.1, 0.15) is 0 Å². The number of hydrogen-bond acceptors (Lipinski definition) is 2. The Bertz CT molecular complexity index is 254. The zero-order chi connectivity index (χ0) is 13.7. The van der Waals surface area contributed by atoms with Gasteiger partial charge in [-0.1, -0.05) is 46.5 Å². The molecule has 1 heterocycles. The third-order valence-electron chi connectivity index (χ3n) is 5.45. The van der Waals surface area contributed by atoms with Crippen LogP contribution in [-0.4, -0.2) is 36.1 Å². The second-order valence-corrected chi connectivity index (χ2v) is 6.75. The maximum atomic E-state index is 3.77. The third kappa shape index (κ3) is 3.95. The fourth-order valence-electron chi connectivity index (χ4n) is 4.19. The number of piperazine rings is 1. The molecule has 112 valence electrons. The predicted octanol–water partition coefficient (Wildman–Crippen LogP) is 3.81. The molecule has 0 bridgehead atoms. The molecule has 0 radical (unpaired) electrons. The Morgan fingerprint density at radius 3 is 2.63 bits per heavy atom. The monoisotopic (exact) mass is 266 g/mol. The predicted molar refractivity (Wildman–Crippen MR) is 83.5 cm³/mol. The molecule has 0 amide bonds. The standard InChI is InChI=1S/C17H34N2/c1-4-8-15-13-19(16(6-3)12-18-15)17-10-7-9-14(5-2)11-17/h14-18H,4-13H2,1-3H3. The van der Waals surface area contributed by atoms with Crippen molar-refractivity contribution in [2.75, 3.05) is 13.1 Å². The van der Waals surface area contributed by atoms with Gasteiger partial charge in [0, 0.05) is 31.2 Å². The summed E-state index contributed by atoms with van der Waals surface area (Å²) in [5.74, 6) is 0.996. The third-order valence-corrected chi connectivity index (χ3v) is 5.45. The van der Waals surface area contributed by atoms with Crippen molar-refractivity contribution < 1.29 is 0 Å². The molecule has 19 heavy (non-hydrogen) atoms. The molecule has 0 aromatic rings. The molecule has 2 rings (SSSR count). The molecule has 1 aliphatic carbocycles. The summed E-state index contributed by atoms with van der Waals surface area (Å²) >= 11 is 0. The molecule has 2 nitrogen and oxygen atoms in total. The van der Waals surface area contributed by atoms with Crippen LogP contribution in [-0.2, 0) is 0 Å². The first-order chi connectivity index (χ1) is 9.28. The summed E-state index contributed by atoms with van der Waals surface area (Å²) in [4.78, 5) is 2.89. The van der Waals surface area contributed by atoms with Gasteiger partial charge in [-0.25, -0.2) is 0 Å². The Morgan fingerprint density at radius 1 is 1.11 bits per heavy atom. The van der Waals surface area contributed by atoms with Gasteiger partial charge in [-0.15, -0.1) is 0 Å². The SMILES string of the molecule is CCCC1CN(C2CCCC(CC)C2)C(CC)CN1. The van der Waals surface area contributed by atoms with Crippen molar-refractivity contribution in [1.29, 1.82) is 0 Å². The van der Waals surface area contributed by atoms with Crippen LogP contribution in [0.2, 0.25) is 0 Å². The molecule has 4 atom stereocenters. The lowest BCUT2D eigenvalue weighted by atomic mass is 9.82. The molecule has 2 heteroatoms. The van der Waals surface area contributed by atoms with Gasteiger partial charge in [0.05, 0.1) is 0 Å². The zero-order valence-corrected chi connectivity index (χ0v) is 13.3. The molecule has 1 saturated heterocycles. The van der Waals surface area contributed by atoms with Crippen LogP contribution < -0.4 is 5.32 Å². The van der Waals surface area contributed by atoms with Gasteiger partial charge in [-0.2, -0.15) is 0 Å². The molecule has 2 fully saturated rings. The zero-order valence-electron chi connectivity index (χ0n) is 13.3. The normalized spacial score (nSPS) is 37.4. The van der Waals surface area contributed by atoms with Crippen molar-refractivity contribution in [2.45, 2.75) is 90.3 Å². The van der Waals surface area contributed by atoms with Crippen LogP contribution in [0.25, 0.3) is 0 Å². The smallest absolute Gasteiger partial charge is 0.0221 e. The minimum atomic E-state index is 0.745. The van der Waals surface area contributed by atoms with Gasteiger partial charge < -0.3 is 5.32 Å². The summed E-state index contributed by atoms with van der Waals surface area (Å²) in [7, 11) is 0. The highest BCUT2D eigenvalue weighted by Crippen LogP contribution is 2.32. The van der Waals surface area contributed by atoms with Crippen molar-refractivity contribution in [1.82, 2.24) is 10.2 Å². The number of nitrogens with zero attached hydrogens (tertiary/aromatic N) is 1. The Kier molecular flexibility index (Phi) is 6.15. The van der Waals surface area contributed by atoms with E-state index in [1.54, 1.807) is 0 Å². The van der Waals surface area contributed by atoms with E-state index >= 15 is 0 Å². The lowest BCUT2D eigenvalue weighted by Gasteiger charge is -2.47. The highest BCUT2D eigenvalue weighted by atomic mass is 15.3. The molecule has 2 aliphatic rings. The van der Waals surface area contributed by atoms with Crippen LogP contribution in [0.3, 0.4) is 0 Å². The number of nitrogens with one attached hydrogen (secondary N) is 1. The van der Waals surface area contributed by atoms with Crippen molar-refractivity contribution in [2.24, 2.45) is 5.92 Å². The molecular weight excluding hydrogens is 232 g/mol. The van der Waals surface area contributed by atoms with Gasteiger partial charge in [0.15, 0.2) is 0 Å². The van der Waals surface area contributed by atoms with E-state index < -0.39 is 0 Å². The van der Waals surface area contributed by atoms with E-state index in [2.05, 4.69) is 31.0 Å². The first kappa shape index (κ1) is 15.3. The van der Waals surface area contributed by atoms with E-state index in [-0.39, 0.29) is 0 Å². The van der Waals surface area contributed by atoms with Crippen LogP contribution in [0.5, 0.6) is 0 Å². The minimum absolute atomic E-state index is 0.745. The highest BCUT2D eigenvalue weighted by molar-refractivity contribution is 4.91. The minimum Gasteiger partial charge on any atom is -0.311 e. The van der Waals surface area contributed by atoms with E-state index in [0.717, 1.165) is 24.0 Å². The second-order valence-electron chi connectivity index (χ2n) is 6.75. The molecule has 0 spiro atoms. The van der Waals surface area contributed by atoms with E-state index in [1.165, 1.54) is 64.5 Å². The number of hydrogen-bond donors (Lipinski definition) is 1. The first-order valence-electron chi connectivity index (χ1n) is 8.77. The Morgan fingerprint density at radius 2 is 1.95 bits per heavy atom. The largest absolute Gasteiger partial charge is 0.311 e. The van der Waals surface area contributed by atoms with E-state index in [1.807, 2.05) is 0 Å². The van der Waals surface area contributed by atoms with Gasteiger partial charge in [0.25, 0.3) is 0 Å². The van der Waals surface area contributed by atoms with E-state index in [9.17, 15) is 0 Å². The Balaban J connectivity index is 1.96. The van der Waals surface area contributed by atoms with Crippen LogP contribution in [0.15, 0.2) is 0 Å². The van der Waals surface area contributed by atoms with Gasteiger partial charge >= 0.3 is 0 Å². The fourth-order valence-corrected chi connectivity index (χ4v) is 4.19. The second kappa shape index (κ2) is 7.64. The summed E-state index contributed by atoms with van der Waals surface area (Å²) in [6, 6.07) is 2.41. The topological polar surface area (TPSA) is 15.3 Å². The summed E-state index contributed by atoms with van der Waals surface area (Å²) < 4.78 is 0. The first-order valence-corrected chi connectivity index (χ1v) is 8.77. The average Bonchev–Trinajstić information content (AvgIpc) is 2.47. The maximum Gasteiger partial charge on any atom is 0.0221 e. The molecule has 1 saturated carbocycles. The summed E-state index contributed by atoms with van der Waals surface area (Å²) in [5.41, 5.74) is 0. The molecule has 0 aromatic heterocycles. The average molecular weight is 266 g/mol. The van der Waals surface area contributed by atoms with E-state index in [0.29, 0.717) is 0 Å². The maximum absolute atomic E-state index is 3.77. The van der Waals surface area contributed by atoms with Gasteiger partial charge in [0.2, 0.25) is 0 Å². The van der Waals surface area contributed by atoms with Gasteiger partial charge in [-0.3, -0.25) is 4.90 Å². The lowest BCUT2D eigenvalue weighted by molar-refractivity contribution is 0.0448. The van der Waals surface area contributed by atoms with Crippen LogP contribution in [0.1, 0.15) is 72.1 Å². The summed E-state index contributed by atoms with van der Waals surface area (Å²) in [5, 5.41) is 3.77. The van der Waals surface area contributed by atoms with Crippen molar-refractivity contribution in [3.63, 3.8) is 0 Å². The number of rotatable bonds is 5. The molecule has 1 N–H and O–H groups in total. The Labute approximate surface area is 120 Å². The van der Waals surface area contributed by atoms with Crippen LogP contribution in [0, 0.1) is 5.92 Å². The Hall–Kier alpha value is -0.0800. The molecule has 1 aliphatic heterocycles. The lowest BCUT2D eigenvalue weighted by Crippen LogP contribution is -2.59. The fraction of sp³-hybridized carbons (Fsp3) is 1.00. The van der Waals surface area contributed by atoms with Crippen molar-refractivity contribution in [3.05, 3.63) is 0 Å². The summed E-state index contributed by atoms with van der Waals surface area (Å²) in [6.07, 6.45) is 11.2. The quantitative estimate of drug-likeness (QED) is 0.814. The van der Waals surface area contributed by atoms with E-state index in [4.69, 9.17) is 0 Å².